The second-order valence-corrected chi connectivity index (χ2v) is 11.3. The second-order valence-electron chi connectivity index (χ2n) is 7.65. The first-order valence-electron chi connectivity index (χ1n) is 9.93. The first kappa shape index (κ1) is 21.1. The van der Waals surface area contributed by atoms with Crippen LogP contribution in [-0.2, 0) is 21.7 Å². The summed E-state index contributed by atoms with van der Waals surface area (Å²) in [6, 6.07) is 11.9. The molecule has 0 bridgehead atoms. The molecule has 0 aliphatic carbocycles. The Labute approximate surface area is 180 Å². The maximum atomic E-state index is 11.9. The Morgan fingerprint density at radius 2 is 1.03 bits per heavy atom. The van der Waals surface area contributed by atoms with Crippen LogP contribution in [0, 0.1) is 0 Å². The van der Waals surface area contributed by atoms with E-state index < -0.39 is 8.56 Å². The van der Waals surface area contributed by atoms with Crippen LogP contribution in [-0.4, -0.2) is 46.4 Å². The fourth-order valence-electron chi connectivity index (χ4n) is 4.03. The first-order valence-corrected chi connectivity index (χ1v) is 12.2. The van der Waals surface area contributed by atoms with E-state index in [-0.39, 0.29) is 23.6 Å². The second kappa shape index (κ2) is 8.18. The van der Waals surface area contributed by atoms with Gasteiger partial charge in [0.2, 0.25) is 0 Å². The van der Waals surface area contributed by atoms with Crippen LogP contribution in [0.4, 0.5) is 0 Å². The zero-order chi connectivity index (χ0) is 22.2. The summed E-state index contributed by atoms with van der Waals surface area (Å²) in [6.07, 6.45) is 1.29. The molecule has 2 N–H and O–H groups in total. The van der Waals surface area contributed by atoms with Crippen molar-refractivity contribution in [2.75, 3.05) is 14.2 Å². The zero-order valence-corrected chi connectivity index (χ0v) is 18.2. The van der Waals surface area contributed by atoms with Crippen LogP contribution in [0.5, 0.6) is 0 Å². The summed E-state index contributed by atoms with van der Waals surface area (Å²) in [5, 5.41) is 4.60. The van der Waals surface area contributed by atoms with E-state index in [1.165, 1.54) is 0 Å². The third kappa shape index (κ3) is 3.94. The monoisotopic (exact) mass is 438 g/mol. The molecule has 2 heterocycles. The van der Waals surface area contributed by atoms with Crippen molar-refractivity contribution >= 4 is 32.2 Å². The van der Waals surface area contributed by atoms with Crippen LogP contribution >= 0.6 is 0 Å². The molecule has 0 unspecified atom stereocenters. The standard InChI is InChI=1S/C22H22N2O6Si/c1-29-31(30-2,9-7-13-3-5-15-17(11-13)21(27)23-19(15)25)10-8-14-4-6-16-18(12-14)22(28)24-20(16)26/h3-6,11-12H,7-10H2,1-2H3,(H,23,25,27)(H,24,26,28). The molecule has 2 aliphatic heterocycles. The van der Waals surface area contributed by atoms with Crippen molar-refractivity contribution in [3.63, 3.8) is 0 Å². The van der Waals surface area contributed by atoms with Gasteiger partial charge in [0.05, 0.1) is 22.3 Å². The van der Waals surface area contributed by atoms with E-state index in [4.69, 9.17) is 8.85 Å². The van der Waals surface area contributed by atoms with Gasteiger partial charge < -0.3 is 8.85 Å². The summed E-state index contributed by atoms with van der Waals surface area (Å²) in [7, 11) is 0.720. The largest absolute Gasteiger partial charge is 0.398 e. The number of rotatable bonds is 8. The molecule has 0 saturated heterocycles. The van der Waals surface area contributed by atoms with Crippen LogP contribution in [0.2, 0.25) is 12.1 Å². The van der Waals surface area contributed by atoms with E-state index in [9.17, 15) is 19.2 Å². The molecule has 0 spiro atoms. The third-order valence-corrected chi connectivity index (χ3v) is 9.45. The Balaban J connectivity index is 1.45. The Kier molecular flexibility index (Phi) is 5.57. The minimum absolute atomic E-state index is 0.367. The fourth-order valence-corrected chi connectivity index (χ4v) is 6.60. The molecule has 31 heavy (non-hydrogen) atoms. The lowest BCUT2D eigenvalue weighted by Crippen LogP contribution is -2.40. The number of hydrogen-bond donors (Lipinski definition) is 2. The van der Waals surface area contributed by atoms with Crippen molar-refractivity contribution in [2.24, 2.45) is 0 Å². The lowest BCUT2D eigenvalue weighted by Gasteiger charge is -2.27. The van der Waals surface area contributed by atoms with E-state index in [1.54, 1.807) is 38.5 Å². The molecule has 4 amide bonds. The molecule has 2 aliphatic rings. The molecule has 160 valence electrons. The van der Waals surface area contributed by atoms with Crippen molar-refractivity contribution in [2.45, 2.75) is 24.9 Å². The summed E-state index contributed by atoms with van der Waals surface area (Å²) in [5.74, 6) is -1.48. The van der Waals surface area contributed by atoms with Gasteiger partial charge in [-0.25, -0.2) is 0 Å². The summed E-state index contributed by atoms with van der Waals surface area (Å²) < 4.78 is 11.7. The molecule has 0 aromatic heterocycles. The van der Waals surface area contributed by atoms with Crippen LogP contribution in [0.15, 0.2) is 36.4 Å². The summed E-state index contributed by atoms with van der Waals surface area (Å²) in [6.45, 7) is 0. The smallest absolute Gasteiger partial charge is 0.338 e. The third-order valence-electron chi connectivity index (χ3n) is 5.93. The highest BCUT2D eigenvalue weighted by Crippen LogP contribution is 2.26. The van der Waals surface area contributed by atoms with Gasteiger partial charge in [-0.3, -0.25) is 29.8 Å². The van der Waals surface area contributed by atoms with E-state index in [0.29, 0.717) is 47.2 Å². The Morgan fingerprint density at radius 3 is 1.42 bits per heavy atom. The maximum Gasteiger partial charge on any atom is 0.338 e. The van der Waals surface area contributed by atoms with Gasteiger partial charge in [-0.2, -0.15) is 0 Å². The molecule has 8 nitrogen and oxygen atoms in total. The molecular formula is C22H22N2O6Si. The quantitative estimate of drug-likeness (QED) is 0.482. The number of carbonyl (C=O) groups excluding carboxylic acids is 4. The Hall–Kier alpha value is -3.14. The van der Waals surface area contributed by atoms with Gasteiger partial charge in [-0.1, -0.05) is 12.1 Å². The zero-order valence-electron chi connectivity index (χ0n) is 17.2. The van der Waals surface area contributed by atoms with Gasteiger partial charge in [0.25, 0.3) is 23.6 Å². The average molecular weight is 439 g/mol. The molecule has 2 aromatic rings. The minimum Gasteiger partial charge on any atom is -0.398 e. The van der Waals surface area contributed by atoms with Crippen molar-refractivity contribution in [1.29, 1.82) is 0 Å². The molecule has 0 radical (unpaired) electrons. The highest BCUT2D eigenvalue weighted by molar-refractivity contribution is 6.67. The fraction of sp³-hybridized carbons (Fsp3) is 0.273. The number of hydrogen-bond acceptors (Lipinski definition) is 6. The van der Waals surface area contributed by atoms with Gasteiger partial charge in [0, 0.05) is 14.2 Å². The van der Waals surface area contributed by atoms with Gasteiger partial charge in [0.15, 0.2) is 0 Å². The topological polar surface area (TPSA) is 111 Å². The van der Waals surface area contributed by atoms with Crippen LogP contribution in [0.1, 0.15) is 52.6 Å². The number of amides is 4. The summed E-state index contributed by atoms with van der Waals surface area (Å²) in [5.41, 5.74) is 3.46. The molecule has 4 rings (SSSR count). The SMILES string of the molecule is CO[Si](CCc1ccc2c(c1)C(=O)NC2=O)(CCc1ccc2c(c1)C(=O)NC2=O)OC. The van der Waals surface area contributed by atoms with Gasteiger partial charge >= 0.3 is 8.56 Å². The lowest BCUT2D eigenvalue weighted by molar-refractivity contribution is 0.0863. The van der Waals surface area contributed by atoms with Gasteiger partial charge in [-0.15, -0.1) is 0 Å². The molecule has 0 atom stereocenters. The number of benzene rings is 2. The van der Waals surface area contributed by atoms with Gasteiger partial charge in [0.1, 0.15) is 0 Å². The molecule has 9 heteroatoms. The van der Waals surface area contributed by atoms with Gasteiger partial charge in [-0.05, 0) is 60.3 Å². The predicted molar refractivity (Wildman–Crippen MR) is 113 cm³/mol. The summed E-state index contributed by atoms with van der Waals surface area (Å²) in [4.78, 5) is 47.2. The normalized spacial score (nSPS) is 15.0. The molecular weight excluding hydrogens is 416 g/mol. The number of aryl methyl sites for hydroxylation is 2. The molecule has 0 saturated carbocycles. The van der Waals surface area contributed by atoms with E-state index in [1.807, 2.05) is 12.1 Å². The minimum atomic E-state index is -2.56. The predicted octanol–water partition coefficient (Wildman–Crippen LogP) is 1.97. The number of carbonyl (C=O) groups is 4. The van der Waals surface area contributed by atoms with Crippen LogP contribution < -0.4 is 10.6 Å². The van der Waals surface area contributed by atoms with Crippen molar-refractivity contribution < 1.29 is 28.0 Å². The van der Waals surface area contributed by atoms with Crippen molar-refractivity contribution in [3.05, 3.63) is 69.8 Å². The lowest BCUT2D eigenvalue weighted by atomic mass is 10.0. The Bertz CT molecular complexity index is 1030. The molecule has 0 fully saturated rings. The van der Waals surface area contributed by atoms with E-state index in [0.717, 1.165) is 11.1 Å². The number of imide groups is 2. The summed E-state index contributed by atoms with van der Waals surface area (Å²) >= 11 is 0. The number of fused-ring (bicyclic) bond motifs is 2. The highest BCUT2D eigenvalue weighted by atomic mass is 28.4. The first-order chi connectivity index (χ1) is 14.9. The van der Waals surface area contributed by atoms with E-state index in [2.05, 4.69) is 10.6 Å². The Morgan fingerprint density at radius 1 is 0.645 bits per heavy atom. The van der Waals surface area contributed by atoms with Crippen molar-refractivity contribution in [1.82, 2.24) is 10.6 Å². The average Bonchev–Trinajstić information content (AvgIpc) is 3.23. The van der Waals surface area contributed by atoms with Crippen molar-refractivity contribution in [3.8, 4) is 0 Å². The van der Waals surface area contributed by atoms with Crippen LogP contribution in [0.25, 0.3) is 0 Å². The molecule has 2 aromatic carbocycles. The maximum absolute atomic E-state index is 11.9. The number of nitrogens with one attached hydrogen (secondary N) is 2. The van der Waals surface area contributed by atoms with E-state index >= 15 is 0 Å². The van der Waals surface area contributed by atoms with Crippen LogP contribution in [0.3, 0.4) is 0 Å². The highest BCUT2D eigenvalue weighted by Gasteiger charge is 2.35.